The third-order valence-electron chi connectivity index (χ3n) is 5.07. The number of carbonyl (C=O) groups is 1. The molecule has 0 saturated carbocycles. The molecule has 0 fully saturated rings. The second-order valence-electron chi connectivity index (χ2n) is 7.30. The Morgan fingerprint density at radius 1 is 0.969 bits per heavy atom. The predicted molar refractivity (Wildman–Crippen MR) is 133 cm³/mol. The monoisotopic (exact) mass is 460 g/mol. The normalized spacial score (nSPS) is 15.7. The van der Waals surface area contributed by atoms with Crippen molar-refractivity contribution in [1.29, 1.82) is 0 Å². The Hall–Kier alpha value is -3.36. The molecule has 32 heavy (non-hydrogen) atoms. The number of aliphatic imine (C=N–C) groups is 1. The second-order valence-corrected chi connectivity index (χ2v) is 9.42. The summed E-state index contributed by atoms with van der Waals surface area (Å²) in [6.45, 7) is 0.798. The number of amides is 1. The Morgan fingerprint density at radius 2 is 1.75 bits per heavy atom. The number of hydrogen-bond donors (Lipinski definition) is 3. The highest BCUT2D eigenvalue weighted by molar-refractivity contribution is 8.15. The van der Waals surface area contributed by atoms with Gasteiger partial charge in [-0.3, -0.25) is 4.79 Å². The lowest BCUT2D eigenvalue weighted by molar-refractivity contribution is -0.117. The van der Waals surface area contributed by atoms with Crippen LogP contribution < -0.4 is 10.6 Å². The number of fused-ring (bicyclic) bond motifs is 1. The van der Waals surface area contributed by atoms with Crippen LogP contribution in [0, 0.1) is 0 Å². The van der Waals surface area contributed by atoms with Gasteiger partial charge < -0.3 is 15.7 Å². The zero-order valence-corrected chi connectivity index (χ0v) is 18.6. The zero-order valence-electron chi connectivity index (χ0n) is 17.0. The average Bonchev–Trinajstić information content (AvgIpc) is 3.38. The molecule has 1 aliphatic heterocycles. The van der Waals surface area contributed by atoms with E-state index in [1.54, 1.807) is 35.6 Å². The molecule has 0 saturated heterocycles. The van der Waals surface area contributed by atoms with Crippen molar-refractivity contribution in [2.75, 3.05) is 17.2 Å². The van der Waals surface area contributed by atoms with Crippen LogP contribution >= 0.6 is 23.1 Å². The number of aromatic hydroxyl groups is 1. The van der Waals surface area contributed by atoms with Crippen molar-refractivity contribution in [2.24, 2.45) is 4.99 Å². The Labute approximate surface area is 193 Å². The maximum atomic E-state index is 12.3. The maximum Gasteiger partial charge on any atom is 0.266 e. The molecule has 0 bridgehead atoms. The summed E-state index contributed by atoms with van der Waals surface area (Å²) >= 11 is 2.97. The number of para-hydroxylation sites is 2. The van der Waals surface area contributed by atoms with Crippen LogP contribution in [0.15, 0.2) is 77.8 Å². The van der Waals surface area contributed by atoms with Crippen molar-refractivity contribution >= 4 is 55.2 Å². The van der Waals surface area contributed by atoms with Gasteiger partial charge in [0.1, 0.15) is 11.0 Å². The summed E-state index contributed by atoms with van der Waals surface area (Å²) in [5, 5.41) is 17.6. The van der Waals surface area contributed by atoms with Crippen molar-refractivity contribution in [1.82, 2.24) is 4.98 Å². The summed E-state index contributed by atoms with van der Waals surface area (Å²) in [6.07, 6.45) is 0.875. The van der Waals surface area contributed by atoms with Crippen molar-refractivity contribution < 1.29 is 9.90 Å². The largest absolute Gasteiger partial charge is 0.508 e. The molecule has 8 heteroatoms. The molecule has 4 aromatic rings. The van der Waals surface area contributed by atoms with E-state index in [2.05, 4.69) is 38.8 Å². The number of benzene rings is 3. The molecule has 0 spiro atoms. The topological polar surface area (TPSA) is 86.6 Å². The lowest BCUT2D eigenvalue weighted by atomic mass is 10.1. The summed E-state index contributed by atoms with van der Waals surface area (Å²) in [4.78, 5) is 21.0. The Balaban J connectivity index is 1.15. The maximum absolute atomic E-state index is 12.3. The van der Waals surface area contributed by atoms with Crippen molar-refractivity contribution in [3.8, 4) is 5.75 Å². The molecule has 0 radical (unpaired) electrons. The van der Waals surface area contributed by atoms with Crippen LogP contribution in [-0.2, 0) is 11.2 Å². The number of nitrogens with zero attached hydrogens (tertiary/aromatic N) is 2. The molecule has 1 aromatic heterocycles. The number of amidine groups is 1. The van der Waals surface area contributed by atoms with E-state index < -0.39 is 5.25 Å². The fraction of sp³-hybridized carbons (Fsp3) is 0.125. The van der Waals surface area contributed by atoms with E-state index in [1.807, 2.05) is 30.3 Å². The van der Waals surface area contributed by atoms with Gasteiger partial charge in [0, 0.05) is 17.8 Å². The Kier molecular flexibility index (Phi) is 5.79. The molecule has 1 amide bonds. The fourth-order valence-electron chi connectivity index (χ4n) is 3.45. The van der Waals surface area contributed by atoms with E-state index in [-0.39, 0.29) is 11.7 Å². The van der Waals surface area contributed by atoms with E-state index >= 15 is 0 Å². The highest BCUT2D eigenvalue weighted by Gasteiger charge is 2.31. The molecule has 3 N–H and O–H groups in total. The van der Waals surface area contributed by atoms with Crippen molar-refractivity contribution in [3.05, 3.63) is 83.9 Å². The zero-order chi connectivity index (χ0) is 21.9. The number of thioether (sulfide) groups is 1. The van der Waals surface area contributed by atoms with Gasteiger partial charge in [0.15, 0.2) is 10.3 Å². The quantitative estimate of drug-likeness (QED) is 0.355. The highest BCUT2D eigenvalue weighted by Crippen LogP contribution is 2.40. The first-order chi connectivity index (χ1) is 15.7. The minimum atomic E-state index is -0.522. The number of nitrogens with one attached hydrogen (secondary N) is 2. The summed E-state index contributed by atoms with van der Waals surface area (Å²) < 4.78 is 1.18. The van der Waals surface area contributed by atoms with Crippen LogP contribution in [0.2, 0.25) is 0 Å². The van der Waals surface area contributed by atoms with Gasteiger partial charge >= 0.3 is 0 Å². The molecule has 2 heterocycles. The second kappa shape index (κ2) is 9.02. The van der Waals surface area contributed by atoms with Gasteiger partial charge in [-0.2, -0.15) is 4.99 Å². The van der Waals surface area contributed by atoms with Crippen LogP contribution in [0.1, 0.15) is 16.4 Å². The van der Waals surface area contributed by atoms with Gasteiger partial charge in [0.2, 0.25) is 0 Å². The number of carbonyl (C=O) groups excluding carboxylic acids is 1. The van der Waals surface area contributed by atoms with E-state index in [0.717, 1.165) is 29.3 Å². The minimum absolute atomic E-state index is 0.110. The molecular weight excluding hydrogens is 440 g/mol. The van der Waals surface area contributed by atoms with Gasteiger partial charge in [-0.25, -0.2) is 4.98 Å². The van der Waals surface area contributed by atoms with Gasteiger partial charge in [-0.15, -0.1) is 0 Å². The Bertz CT molecular complexity index is 1270. The summed E-state index contributed by atoms with van der Waals surface area (Å²) in [7, 11) is 0. The molecule has 6 nitrogen and oxygen atoms in total. The Morgan fingerprint density at radius 3 is 2.56 bits per heavy atom. The number of phenolic OH excluding ortho intramolecular Hbond substituents is 1. The third-order valence-corrected chi connectivity index (χ3v) is 7.18. The summed E-state index contributed by atoms with van der Waals surface area (Å²) in [5.74, 6) is -0.157. The average molecular weight is 461 g/mol. The standard InChI is InChI=1S/C24H20N4O2S2/c29-19-7-3-1-5-17(19)21-22(30)28-24(32-21)26-16-11-9-15(10-12-16)13-14-25-23-27-18-6-2-4-8-20(18)31-23/h1-12,21,29H,13-14H2,(H,25,27)(H,26,28,30). The molecule has 1 unspecified atom stereocenters. The highest BCUT2D eigenvalue weighted by atomic mass is 32.2. The third kappa shape index (κ3) is 4.46. The first-order valence-electron chi connectivity index (χ1n) is 10.2. The summed E-state index contributed by atoms with van der Waals surface area (Å²) in [5.41, 5.74) is 3.67. The molecule has 1 atom stereocenters. The predicted octanol–water partition coefficient (Wildman–Crippen LogP) is 5.44. The van der Waals surface area contributed by atoms with Crippen LogP contribution in [0.3, 0.4) is 0 Å². The number of hydrogen-bond acceptors (Lipinski definition) is 7. The molecule has 5 rings (SSSR count). The van der Waals surface area contributed by atoms with Gasteiger partial charge in [-0.05, 0) is 42.3 Å². The molecule has 0 aliphatic carbocycles. The first kappa shape index (κ1) is 20.5. The van der Waals surface area contributed by atoms with E-state index in [0.29, 0.717) is 10.7 Å². The molecule has 1 aliphatic rings. The van der Waals surface area contributed by atoms with Crippen LogP contribution in [-0.4, -0.2) is 27.7 Å². The molecule has 3 aromatic carbocycles. The summed E-state index contributed by atoms with van der Waals surface area (Å²) in [6, 6.07) is 23.1. The smallest absolute Gasteiger partial charge is 0.266 e. The number of anilines is 2. The minimum Gasteiger partial charge on any atom is -0.508 e. The van der Waals surface area contributed by atoms with Crippen LogP contribution in [0.4, 0.5) is 10.8 Å². The lowest BCUT2D eigenvalue weighted by Crippen LogP contribution is -2.06. The number of thiazole rings is 1. The molecular formula is C24H20N4O2S2. The first-order valence-corrected chi connectivity index (χ1v) is 11.9. The lowest BCUT2D eigenvalue weighted by Gasteiger charge is -2.10. The van der Waals surface area contributed by atoms with Gasteiger partial charge in [-0.1, -0.05) is 65.6 Å². The molecule has 160 valence electrons. The fourth-order valence-corrected chi connectivity index (χ4v) is 5.36. The SMILES string of the molecule is O=C1N=C(Nc2ccc(CCNc3nc4ccccc4s3)cc2)SC1c1ccccc1O. The van der Waals surface area contributed by atoms with Gasteiger partial charge in [0.25, 0.3) is 5.91 Å². The van der Waals surface area contributed by atoms with E-state index in [1.165, 1.54) is 22.0 Å². The number of rotatable bonds is 6. The van der Waals surface area contributed by atoms with E-state index in [4.69, 9.17) is 0 Å². The van der Waals surface area contributed by atoms with Crippen molar-refractivity contribution in [2.45, 2.75) is 11.7 Å². The number of aromatic nitrogens is 1. The van der Waals surface area contributed by atoms with E-state index in [9.17, 15) is 9.90 Å². The van der Waals surface area contributed by atoms with Gasteiger partial charge in [0.05, 0.1) is 10.2 Å². The van der Waals surface area contributed by atoms with Crippen molar-refractivity contribution in [3.63, 3.8) is 0 Å². The van der Waals surface area contributed by atoms with Crippen LogP contribution in [0.25, 0.3) is 10.2 Å². The van der Waals surface area contributed by atoms with Crippen LogP contribution in [0.5, 0.6) is 5.75 Å². The number of phenols is 1.